The molecule has 1 aromatic heterocycles. The van der Waals surface area contributed by atoms with E-state index in [0.29, 0.717) is 11.5 Å². The molecule has 0 aliphatic carbocycles. The maximum Gasteiger partial charge on any atom is 0.156 e. The molecule has 112 valence electrons. The second-order valence-corrected chi connectivity index (χ2v) is 5.15. The summed E-state index contributed by atoms with van der Waals surface area (Å²) in [6.45, 7) is 4.11. The van der Waals surface area contributed by atoms with E-state index in [1.807, 2.05) is 36.4 Å². The number of anilines is 1. The van der Waals surface area contributed by atoms with E-state index in [1.54, 1.807) is 11.8 Å². The first-order valence-corrected chi connectivity index (χ1v) is 7.04. The smallest absolute Gasteiger partial charge is 0.156 e. The summed E-state index contributed by atoms with van der Waals surface area (Å²) in [4.78, 5) is 0. The summed E-state index contributed by atoms with van der Waals surface area (Å²) in [5, 5.41) is 8.48. The summed E-state index contributed by atoms with van der Waals surface area (Å²) < 4.78 is 7.05. The summed E-state index contributed by atoms with van der Waals surface area (Å²) in [6.07, 6.45) is 0. The van der Waals surface area contributed by atoms with Crippen molar-refractivity contribution >= 4 is 5.82 Å². The molecular weight excluding hydrogens is 276 g/mol. The highest BCUT2D eigenvalue weighted by atomic mass is 16.5. The Bertz CT molecular complexity index is 823. The van der Waals surface area contributed by atoms with E-state index in [9.17, 15) is 0 Å². The Labute approximate surface area is 129 Å². The number of benzene rings is 2. The van der Waals surface area contributed by atoms with Crippen molar-refractivity contribution in [2.75, 3.05) is 12.8 Å². The normalized spacial score (nSPS) is 10.7. The maximum absolute atomic E-state index is 6.29. The molecule has 3 rings (SSSR count). The van der Waals surface area contributed by atoms with Gasteiger partial charge in [-0.1, -0.05) is 29.5 Å². The van der Waals surface area contributed by atoms with E-state index in [1.165, 1.54) is 5.56 Å². The zero-order valence-corrected chi connectivity index (χ0v) is 12.9. The third kappa shape index (κ3) is 2.20. The predicted octanol–water partition coefficient (Wildman–Crippen LogP) is 3.14. The lowest BCUT2D eigenvalue weighted by molar-refractivity contribution is 0.416. The second-order valence-electron chi connectivity index (χ2n) is 5.15. The van der Waals surface area contributed by atoms with E-state index < -0.39 is 0 Å². The molecule has 0 fully saturated rings. The fourth-order valence-corrected chi connectivity index (χ4v) is 2.46. The molecule has 0 radical (unpaired) electrons. The molecule has 0 aliphatic heterocycles. The van der Waals surface area contributed by atoms with Gasteiger partial charge in [0.2, 0.25) is 0 Å². The first-order valence-electron chi connectivity index (χ1n) is 7.04. The SMILES string of the molecule is COc1ccccc1-c1nnn(-c2cccc(C)c2C)c1N. The van der Waals surface area contributed by atoms with Crippen molar-refractivity contribution in [3.63, 3.8) is 0 Å². The van der Waals surface area contributed by atoms with Gasteiger partial charge in [-0.3, -0.25) is 0 Å². The van der Waals surface area contributed by atoms with Crippen LogP contribution in [0.1, 0.15) is 11.1 Å². The van der Waals surface area contributed by atoms with Gasteiger partial charge in [0.05, 0.1) is 12.8 Å². The maximum atomic E-state index is 6.29. The van der Waals surface area contributed by atoms with Crippen LogP contribution >= 0.6 is 0 Å². The highest BCUT2D eigenvalue weighted by Crippen LogP contribution is 2.33. The van der Waals surface area contributed by atoms with Gasteiger partial charge in [0.15, 0.2) is 5.82 Å². The molecule has 0 amide bonds. The van der Waals surface area contributed by atoms with Crippen LogP contribution in [0.5, 0.6) is 5.75 Å². The molecule has 2 N–H and O–H groups in total. The summed E-state index contributed by atoms with van der Waals surface area (Å²) in [5.74, 6) is 1.22. The number of nitrogen functional groups attached to an aromatic ring is 1. The molecule has 1 heterocycles. The minimum Gasteiger partial charge on any atom is -0.496 e. The zero-order valence-electron chi connectivity index (χ0n) is 12.9. The van der Waals surface area contributed by atoms with Gasteiger partial charge in [-0.05, 0) is 43.2 Å². The van der Waals surface area contributed by atoms with Crippen LogP contribution in [0.15, 0.2) is 42.5 Å². The molecule has 0 spiro atoms. The molecule has 22 heavy (non-hydrogen) atoms. The van der Waals surface area contributed by atoms with Crippen LogP contribution in [-0.2, 0) is 0 Å². The van der Waals surface area contributed by atoms with Gasteiger partial charge < -0.3 is 10.5 Å². The van der Waals surface area contributed by atoms with Crippen LogP contribution in [0.25, 0.3) is 16.9 Å². The van der Waals surface area contributed by atoms with Crippen molar-refractivity contribution in [2.45, 2.75) is 13.8 Å². The Kier molecular flexibility index (Phi) is 3.55. The lowest BCUT2D eigenvalue weighted by Gasteiger charge is -2.10. The number of nitrogens with two attached hydrogens (primary N) is 1. The number of para-hydroxylation sites is 1. The Hall–Kier alpha value is -2.82. The van der Waals surface area contributed by atoms with E-state index in [0.717, 1.165) is 22.6 Å². The molecule has 0 saturated carbocycles. The quantitative estimate of drug-likeness (QED) is 0.806. The first kappa shape index (κ1) is 14.1. The third-order valence-electron chi connectivity index (χ3n) is 3.87. The van der Waals surface area contributed by atoms with Crippen molar-refractivity contribution in [1.82, 2.24) is 15.0 Å². The van der Waals surface area contributed by atoms with Gasteiger partial charge in [0.1, 0.15) is 11.4 Å². The number of methoxy groups -OCH3 is 1. The van der Waals surface area contributed by atoms with Crippen LogP contribution < -0.4 is 10.5 Å². The van der Waals surface area contributed by atoms with Crippen molar-refractivity contribution in [1.29, 1.82) is 0 Å². The second kappa shape index (κ2) is 5.52. The topological polar surface area (TPSA) is 66.0 Å². The minimum atomic E-state index is 0.498. The number of hydrogen-bond acceptors (Lipinski definition) is 4. The van der Waals surface area contributed by atoms with Crippen LogP contribution in [0.4, 0.5) is 5.82 Å². The average Bonchev–Trinajstić information content (AvgIpc) is 2.91. The lowest BCUT2D eigenvalue weighted by atomic mass is 10.1. The van der Waals surface area contributed by atoms with Crippen LogP contribution in [0.3, 0.4) is 0 Å². The molecule has 5 nitrogen and oxygen atoms in total. The van der Waals surface area contributed by atoms with Crippen molar-refractivity contribution in [2.24, 2.45) is 0 Å². The molecule has 0 unspecified atom stereocenters. The third-order valence-corrected chi connectivity index (χ3v) is 3.87. The Morgan fingerprint density at radius 1 is 1.05 bits per heavy atom. The molecule has 0 aliphatic rings. The van der Waals surface area contributed by atoms with E-state index >= 15 is 0 Å². The number of nitrogens with zero attached hydrogens (tertiary/aromatic N) is 3. The number of hydrogen-bond donors (Lipinski definition) is 1. The summed E-state index contributed by atoms with van der Waals surface area (Å²) in [7, 11) is 1.63. The Balaban J connectivity index is 2.15. The van der Waals surface area contributed by atoms with Crippen molar-refractivity contribution < 1.29 is 4.74 Å². The zero-order chi connectivity index (χ0) is 15.7. The minimum absolute atomic E-state index is 0.498. The van der Waals surface area contributed by atoms with Crippen molar-refractivity contribution in [3.8, 4) is 22.7 Å². The number of rotatable bonds is 3. The fourth-order valence-electron chi connectivity index (χ4n) is 2.46. The molecule has 0 bridgehead atoms. The first-order chi connectivity index (χ1) is 10.6. The van der Waals surface area contributed by atoms with Gasteiger partial charge in [0.25, 0.3) is 0 Å². The van der Waals surface area contributed by atoms with Gasteiger partial charge in [-0.25, -0.2) is 0 Å². The van der Waals surface area contributed by atoms with Crippen LogP contribution in [-0.4, -0.2) is 22.1 Å². The van der Waals surface area contributed by atoms with E-state index in [2.05, 4.69) is 30.2 Å². The number of aromatic nitrogens is 3. The Morgan fingerprint density at radius 2 is 1.82 bits per heavy atom. The highest BCUT2D eigenvalue weighted by Gasteiger charge is 2.17. The molecule has 5 heteroatoms. The van der Waals surface area contributed by atoms with Crippen molar-refractivity contribution in [3.05, 3.63) is 53.6 Å². The summed E-state index contributed by atoms with van der Waals surface area (Å²) in [5.41, 5.74) is 11.0. The molecule has 0 saturated heterocycles. The molecule has 0 atom stereocenters. The summed E-state index contributed by atoms with van der Waals surface area (Å²) in [6, 6.07) is 13.7. The van der Waals surface area contributed by atoms with E-state index in [4.69, 9.17) is 10.5 Å². The van der Waals surface area contributed by atoms with E-state index in [-0.39, 0.29) is 0 Å². The molecule has 2 aromatic carbocycles. The monoisotopic (exact) mass is 294 g/mol. The van der Waals surface area contributed by atoms with Gasteiger partial charge >= 0.3 is 0 Å². The predicted molar refractivity (Wildman–Crippen MR) is 87.2 cm³/mol. The van der Waals surface area contributed by atoms with Crippen LogP contribution in [0, 0.1) is 13.8 Å². The molecular formula is C17H18N4O. The van der Waals surface area contributed by atoms with Gasteiger partial charge in [-0.2, -0.15) is 4.68 Å². The highest BCUT2D eigenvalue weighted by molar-refractivity contribution is 5.76. The standard InChI is InChI=1S/C17H18N4O/c1-11-7-6-9-14(12(11)2)21-17(18)16(19-20-21)13-8-4-5-10-15(13)22-3/h4-10H,18H2,1-3H3. The largest absolute Gasteiger partial charge is 0.496 e. The fraction of sp³-hybridized carbons (Fsp3) is 0.176. The number of ether oxygens (including phenoxy) is 1. The van der Waals surface area contributed by atoms with Gasteiger partial charge in [0, 0.05) is 5.56 Å². The van der Waals surface area contributed by atoms with Crippen LogP contribution in [0.2, 0.25) is 0 Å². The average molecular weight is 294 g/mol. The van der Waals surface area contributed by atoms with Gasteiger partial charge in [-0.15, -0.1) is 5.10 Å². The lowest BCUT2D eigenvalue weighted by Crippen LogP contribution is -2.05. The molecule has 3 aromatic rings. The number of aryl methyl sites for hydroxylation is 1. The Morgan fingerprint density at radius 3 is 2.59 bits per heavy atom. The summed E-state index contributed by atoms with van der Waals surface area (Å²) >= 11 is 0.